The molecule has 1 amide bonds. The van der Waals surface area contributed by atoms with Gasteiger partial charge in [-0.3, -0.25) is 9.59 Å². The van der Waals surface area contributed by atoms with Crippen molar-refractivity contribution in [2.24, 2.45) is 0 Å². The summed E-state index contributed by atoms with van der Waals surface area (Å²) in [4.78, 5) is 23.1. The van der Waals surface area contributed by atoms with Gasteiger partial charge in [-0.05, 0) is 44.9 Å². The molecule has 0 aliphatic carbocycles. The number of rotatable bonds is 6. The molecule has 2 atom stereocenters. The van der Waals surface area contributed by atoms with Crippen molar-refractivity contribution in [3.05, 3.63) is 27.7 Å². The molecule has 0 aliphatic rings. The fourth-order valence-electron chi connectivity index (χ4n) is 1.70. The standard InChI is InChI=1S/C15H20BrNO3/c1-5-10(3)17-15(19)11(4)20-14-9(2)6-13(16)7-12(14)8-18/h6-8,10-11H,5H2,1-4H3,(H,17,19). The number of ether oxygens (including phenoxy) is 1. The average Bonchev–Trinajstić information content (AvgIpc) is 2.40. The van der Waals surface area contributed by atoms with E-state index in [0.717, 1.165) is 22.7 Å². The van der Waals surface area contributed by atoms with Gasteiger partial charge in [-0.25, -0.2) is 0 Å². The number of hydrogen-bond donors (Lipinski definition) is 1. The molecule has 0 heterocycles. The number of hydrogen-bond acceptors (Lipinski definition) is 3. The Morgan fingerprint density at radius 2 is 2.10 bits per heavy atom. The fraction of sp³-hybridized carbons (Fsp3) is 0.467. The quantitative estimate of drug-likeness (QED) is 0.808. The molecule has 0 spiro atoms. The normalized spacial score (nSPS) is 13.4. The number of aldehydes is 1. The maximum absolute atomic E-state index is 12.0. The van der Waals surface area contributed by atoms with E-state index in [-0.39, 0.29) is 11.9 Å². The van der Waals surface area contributed by atoms with E-state index in [0.29, 0.717) is 11.3 Å². The van der Waals surface area contributed by atoms with Crippen molar-refractivity contribution in [3.63, 3.8) is 0 Å². The van der Waals surface area contributed by atoms with Gasteiger partial charge in [-0.15, -0.1) is 0 Å². The number of nitrogens with one attached hydrogen (secondary N) is 1. The summed E-state index contributed by atoms with van der Waals surface area (Å²) in [5.41, 5.74) is 1.24. The molecule has 4 nitrogen and oxygen atoms in total. The van der Waals surface area contributed by atoms with Gasteiger partial charge in [0.2, 0.25) is 0 Å². The van der Waals surface area contributed by atoms with E-state index in [1.54, 1.807) is 13.0 Å². The predicted octanol–water partition coefficient (Wildman–Crippen LogP) is 3.25. The fourth-order valence-corrected chi connectivity index (χ4v) is 2.29. The molecule has 0 aliphatic heterocycles. The third kappa shape index (κ3) is 4.34. The zero-order valence-corrected chi connectivity index (χ0v) is 13.8. The second-order valence-electron chi connectivity index (χ2n) is 4.84. The smallest absolute Gasteiger partial charge is 0.260 e. The summed E-state index contributed by atoms with van der Waals surface area (Å²) < 4.78 is 6.47. The third-order valence-corrected chi connectivity index (χ3v) is 3.52. The van der Waals surface area contributed by atoms with Crippen LogP contribution in [0.3, 0.4) is 0 Å². The lowest BCUT2D eigenvalue weighted by Crippen LogP contribution is -2.41. The molecule has 0 saturated heterocycles. The second-order valence-corrected chi connectivity index (χ2v) is 5.75. The second kappa shape index (κ2) is 7.43. The van der Waals surface area contributed by atoms with E-state index in [4.69, 9.17) is 4.74 Å². The van der Waals surface area contributed by atoms with Gasteiger partial charge in [0.15, 0.2) is 12.4 Å². The summed E-state index contributed by atoms with van der Waals surface area (Å²) in [5, 5.41) is 2.86. The highest BCUT2D eigenvalue weighted by Gasteiger charge is 2.19. The van der Waals surface area contributed by atoms with Gasteiger partial charge < -0.3 is 10.1 Å². The number of amides is 1. The summed E-state index contributed by atoms with van der Waals surface area (Å²) in [5.74, 6) is 0.272. The summed E-state index contributed by atoms with van der Waals surface area (Å²) in [6, 6.07) is 3.63. The molecule has 20 heavy (non-hydrogen) atoms. The molecule has 1 aromatic carbocycles. The third-order valence-electron chi connectivity index (χ3n) is 3.06. The number of benzene rings is 1. The van der Waals surface area contributed by atoms with Crippen LogP contribution in [0, 0.1) is 6.92 Å². The van der Waals surface area contributed by atoms with Crippen LogP contribution in [0.4, 0.5) is 0 Å². The largest absolute Gasteiger partial charge is 0.480 e. The highest BCUT2D eigenvalue weighted by molar-refractivity contribution is 9.10. The molecule has 0 radical (unpaired) electrons. The summed E-state index contributed by atoms with van der Waals surface area (Å²) in [6.07, 6.45) is 0.935. The lowest BCUT2D eigenvalue weighted by Gasteiger charge is -2.20. The van der Waals surface area contributed by atoms with Crippen LogP contribution >= 0.6 is 15.9 Å². The lowest BCUT2D eigenvalue weighted by molar-refractivity contribution is -0.127. The number of carbonyl (C=O) groups is 2. The van der Waals surface area contributed by atoms with Gasteiger partial charge >= 0.3 is 0 Å². The first-order chi connectivity index (χ1) is 9.38. The number of halogens is 1. The van der Waals surface area contributed by atoms with Crippen LogP contribution in [0.25, 0.3) is 0 Å². The van der Waals surface area contributed by atoms with Crippen LogP contribution in [0.15, 0.2) is 16.6 Å². The molecule has 0 saturated carbocycles. The highest BCUT2D eigenvalue weighted by Crippen LogP contribution is 2.27. The molecule has 1 aromatic rings. The van der Waals surface area contributed by atoms with E-state index in [9.17, 15) is 9.59 Å². The molecule has 110 valence electrons. The maximum Gasteiger partial charge on any atom is 0.260 e. The van der Waals surface area contributed by atoms with Crippen LogP contribution in [-0.2, 0) is 4.79 Å². The molecule has 5 heteroatoms. The van der Waals surface area contributed by atoms with E-state index in [2.05, 4.69) is 21.2 Å². The van der Waals surface area contributed by atoms with Crippen molar-refractivity contribution in [1.29, 1.82) is 0 Å². The molecule has 2 unspecified atom stereocenters. The number of aryl methyl sites for hydroxylation is 1. The monoisotopic (exact) mass is 341 g/mol. The van der Waals surface area contributed by atoms with Gasteiger partial charge in [0, 0.05) is 10.5 Å². The Morgan fingerprint density at radius 3 is 2.65 bits per heavy atom. The maximum atomic E-state index is 12.0. The van der Waals surface area contributed by atoms with Crippen LogP contribution in [0.2, 0.25) is 0 Å². The van der Waals surface area contributed by atoms with Crippen molar-refractivity contribution in [3.8, 4) is 5.75 Å². The van der Waals surface area contributed by atoms with Gasteiger partial charge in [0.05, 0.1) is 5.56 Å². The number of carbonyl (C=O) groups excluding carboxylic acids is 2. The van der Waals surface area contributed by atoms with Gasteiger partial charge in [0.25, 0.3) is 5.91 Å². The molecular formula is C15H20BrNO3. The van der Waals surface area contributed by atoms with E-state index >= 15 is 0 Å². The molecule has 0 bridgehead atoms. The van der Waals surface area contributed by atoms with E-state index in [1.165, 1.54) is 0 Å². The molecule has 0 fully saturated rings. The molecule has 1 N–H and O–H groups in total. The van der Waals surface area contributed by atoms with E-state index < -0.39 is 6.10 Å². The van der Waals surface area contributed by atoms with Crippen molar-refractivity contribution in [2.75, 3.05) is 0 Å². The Balaban J connectivity index is 2.87. The van der Waals surface area contributed by atoms with Crippen LogP contribution < -0.4 is 10.1 Å². The lowest BCUT2D eigenvalue weighted by atomic mass is 10.1. The first-order valence-corrected chi connectivity index (χ1v) is 7.40. The zero-order chi connectivity index (χ0) is 15.3. The SMILES string of the molecule is CCC(C)NC(=O)C(C)Oc1c(C)cc(Br)cc1C=O. The van der Waals surface area contributed by atoms with E-state index in [1.807, 2.05) is 26.8 Å². The van der Waals surface area contributed by atoms with Crippen LogP contribution in [0.5, 0.6) is 5.75 Å². The average molecular weight is 342 g/mol. The minimum absolute atomic E-state index is 0.102. The Labute approximate surface area is 128 Å². The van der Waals surface area contributed by atoms with Gasteiger partial charge in [-0.2, -0.15) is 0 Å². The minimum atomic E-state index is -0.650. The Bertz CT molecular complexity index is 502. The van der Waals surface area contributed by atoms with Crippen molar-refractivity contribution >= 4 is 28.1 Å². The Hall–Kier alpha value is -1.36. The van der Waals surface area contributed by atoms with Crippen LogP contribution in [0.1, 0.15) is 43.1 Å². The van der Waals surface area contributed by atoms with Gasteiger partial charge in [0.1, 0.15) is 5.75 Å². The first-order valence-electron chi connectivity index (χ1n) is 6.61. The molecule has 0 aromatic heterocycles. The Kier molecular flexibility index (Phi) is 6.20. The van der Waals surface area contributed by atoms with Crippen molar-refractivity contribution < 1.29 is 14.3 Å². The molecule has 1 rings (SSSR count). The predicted molar refractivity (Wildman–Crippen MR) is 82.3 cm³/mol. The highest BCUT2D eigenvalue weighted by atomic mass is 79.9. The topological polar surface area (TPSA) is 55.4 Å². The van der Waals surface area contributed by atoms with Crippen LogP contribution in [-0.4, -0.2) is 24.3 Å². The zero-order valence-electron chi connectivity index (χ0n) is 12.2. The summed E-state index contributed by atoms with van der Waals surface area (Å²) >= 11 is 3.33. The van der Waals surface area contributed by atoms with Crippen molar-refractivity contribution in [2.45, 2.75) is 46.3 Å². The molecular weight excluding hydrogens is 322 g/mol. The summed E-state index contributed by atoms with van der Waals surface area (Å²) in [7, 11) is 0. The Morgan fingerprint density at radius 1 is 1.45 bits per heavy atom. The van der Waals surface area contributed by atoms with Gasteiger partial charge in [-0.1, -0.05) is 22.9 Å². The minimum Gasteiger partial charge on any atom is -0.480 e. The summed E-state index contributed by atoms with van der Waals surface area (Å²) in [6.45, 7) is 7.45. The van der Waals surface area contributed by atoms with Crippen molar-refractivity contribution in [1.82, 2.24) is 5.32 Å². The first kappa shape index (κ1) is 16.7.